The summed E-state index contributed by atoms with van der Waals surface area (Å²) in [4.78, 5) is 16.5. The molecule has 0 bridgehead atoms. The molecule has 5 nitrogen and oxygen atoms in total. The van der Waals surface area contributed by atoms with Crippen molar-refractivity contribution in [2.45, 2.75) is 13.5 Å². The standard InChI is InChI=1S/C26H22ClIN2O3S/c1-3-32-23-15-17(13-21(28)24(23)33-16-18-9-7-8-12-20(18)27)14-22-25(31)30(26(34)29(22)2)19-10-5-4-6-11-19/h4-15H,3,16H2,1-2H3/b22-14-. The maximum Gasteiger partial charge on any atom is 0.281 e. The number of amides is 1. The van der Waals surface area contributed by atoms with Gasteiger partial charge in [-0.25, -0.2) is 0 Å². The average Bonchev–Trinajstić information content (AvgIpc) is 3.03. The minimum atomic E-state index is -0.175. The van der Waals surface area contributed by atoms with Gasteiger partial charge in [-0.1, -0.05) is 48.0 Å². The van der Waals surface area contributed by atoms with Gasteiger partial charge in [0.1, 0.15) is 12.3 Å². The van der Waals surface area contributed by atoms with Crippen LogP contribution in [0, 0.1) is 3.57 Å². The Kier molecular flexibility index (Phi) is 7.75. The first-order chi connectivity index (χ1) is 16.4. The number of para-hydroxylation sites is 1. The third-order valence-corrected chi connectivity index (χ3v) is 6.87. The van der Waals surface area contributed by atoms with Crippen LogP contribution in [0.1, 0.15) is 18.1 Å². The van der Waals surface area contributed by atoms with Gasteiger partial charge in [-0.2, -0.15) is 0 Å². The molecule has 0 radical (unpaired) electrons. The van der Waals surface area contributed by atoms with E-state index in [1.807, 2.05) is 79.7 Å². The zero-order valence-electron chi connectivity index (χ0n) is 18.6. The second-order valence-electron chi connectivity index (χ2n) is 7.49. The number of halogens is 2. The number of carbonyl (C=O) groups is 1. The number of rotatable bonds is 7. The van der Waals surface area contributed by atoms with Crippen LogP contribution in [0.5, 0.6) is 11.5 Å². The fraction of sp³-hybridized carbons (Fsp3) is 0.154. The Hall–Kier alpha value is -2.62. The molecule has 0 aromatic heterocycles. The van der Waals surface area contributed by atoms with Gasteiger partial charge in [-0.05, 0) is 83.7 Å². The van der Waals surface area contributed by atoms with E-state index >= 15 is 0 Å². The van der Waals surface area contributed by atoms with Crippen molar-refractivity contribution in [3.05, 3.63) is 92.1 Å². The smallest absolute Gasteiger partial charge is 0.281 e. The van der Waals surface area contributed by atoms with Crippen molar-refractivity contribution in [2.75, 3.05) is 18.6 Å². The summed E-state index contributed by atoms with van der Waals surface area (Å²) in [7, 11) is 1.80. The van der Waals surface area contributed by atoms with Crippen LogP contribution in [0.25, 0.3) is 6.08 Å². The molecule has 3 aromatic rings. The summed E-state index contributed by atoms with van der Waals surface area (Å²) in [6, 6.07) is 20.8. The second kappa shape index (κ2) is 10.8. The fourth-order valence-electron chi connectivity index (χ4n) is 3.56. The van der Waals surface area contributed by atoms with Gasteiger partial charge in [-0.3, -0.25) is 9.69 Å². The van der Waals surface area contributed by atoms with E-state index < -0.39 is 0 Å². The summed E-state index contributed by atoms with van der Waals surface area (Å²) in [5.41, 5.74) is 2.92. The number of ether oxygens (including phenoxy) is 2. The molecular weight excluding hydrogens is 583 g/mol. The Morgan fingerprint density at radius 2 is 1.76 bits per heavy atom. The number of benzene rings is 3. The van der Waals surface area contributed by atoms with Gasteiger partial charge < -0.3 is 14.4 Å². The molecule has 1 aliphatic rings. The molecule has 1 heterocycles. The maximum atomic E-state index is 13.2. The Morgan fingerprint density at radius 1 is 1.06 bits per heavy atom. The van der Waals surface area contributed by atoms with Crippen LogP contribution in [0.2, 0.25) is 5.02 Å². The van der Waals surface area contributed by atoms with Gasteiger partial charge in [0.15, 0.2) is 16.6 Å². The van der Waals surface area contributed by atoms with E-state index in [4.69, 9.17) is 33.3 Å². The Bertz CT molecular complexity index is 1270. The molecule has 0 aliphatic carbocycles. The third-order valence-electron chi connectivity index (χ3n) is 5.24. The molecule has 1 saturated heterocycles. The first kappa shape index (κ1) is 24.5. The normalized spacial score (nSPS) is 14.8. The topological polar surface area (TPSA) is 42.0 Å². The van der Waals surface area contributed by atoms with Crippen LogP contribution < -0.4 is 14.4 Å². The van der Waals surface area contributed by atoms with Gasteiger partial charge in [-0.15, -0.1) is 0 Å². The van der Waals surface area contributed by atoms with Crippen molar-refractivity contribution in [1.82, 2.24) is 4.90 Å². The monoisotopic (exact) mass is 604 g/mol. The van der Waals surface area contributed by atoms with Crippen molar-refractivity contribution in [1.29, 1.82) is 0 Å². The lowest BCUT2D eigenvalue weighted by molar-refractivity contribution is -0.114. The molecule has 0 unspecified atom stereocenters. The molecule has 0 spiro atoms. The van der Waals surface area contributed by atoms with Crippen molar-refractivity contribution >= 4 is 69.2 Å². The van der Waals surface area contributed by atoms with E-state index in [9.17, 15) is 4.79 Å². The Labute approximate surface area is 223 Å². The summed E-state index contributed by atoms with van der Waals surface area (Å²) >= 11 is 14.0. The molecule has 1 aliphatic heterocycles. The highest BCUT2D eigenvalue weighted by molar-refractivity contribution is 14.1. The highest BCUT2D eigenvalue weighted by Gasteiger charge is 2.36. The SMILES string of the molecule is CCOc1cc(/C=C2/C(=O)N(c3ccccc3)C(=S)N2C)cc(I)c1OCc1ccccc1Cl. The molecule has 4 rings (SSSR count). The van der Waals surface area contributed by atoms with Crippen molar-refractivity contribution in [3.8, 4) is 11.5 Å². The Morgan fingerprint density at radius 3 is 2.47 bits per heavy atom. The summed E-state index contributed by atoms with van der Waals surface area (Å²) in [6.07, 6.45) is 1.82. The van der Waals surface area contributed by atoms with Crippen LogP contribution in [0.15, 0.2) is 72.4 Å². The van der Waals surface area contributed by atoms with Crippen molar-refractivity contribution in [3.63, 3.8) is 0 Å². The van der Waals surface area contributed by atoms with Gasteiger partial charge in [0.2, 0.25) is 0 Å². The van der Waals surface area contributed by atoms with E-state index in [1.54, 1.807) is 11.9 Å². The van der Waals surface area contributed by atoms with E-state index in [0.29, 0.717) is 40.5 Å². The minimum Gasteiger partial charge on any atom is -0.490 e. The number of hydrogen-bond donors (Lipinski definition) is 0. The molecule has 0 N–H and O–H groups in total. The lowest BCUT2D eigenvalue weighted by Crippen LogP contribution is -2.30. The molecule has 0 atom stereocenters. The molecular formula is C26H22ClIN2O3S. The molecule has 34 heavy (non-hydrogen) atoms. The predicted molar refractivity (Wildman–Crippen MR) is 148 cm³/mol. The van der Waals surface area contributed by atoms with Crippen LogP contribution in [0.4, 0.5) is 5.69 Å². The van der Waals surface area contributed by atoms with Gasteiger partial charge in [0.05, 0.1) is 15.9 Å². The Balaban J connectivity index is 1.65. The van der Waals surface area contributed by atoms with Gasteiger partial charge in [0.25, 0.3) is 5.91 Å². The first-order valence-electron chi connectivity index (χ1n) is 10.6. The molecule has 0 saturated carbocycles. The number of thiocarbonyl (C=S) groups is 1. The fourth-order valence-corrected chi connectivity index (χ4v) is 4.82. The zero-order valence-corrected chi connectivity index (χ0v) is 22.4. The highest BCUT2D eigenvalue weighted by atomic mass is 127. The van der Waals surface area contributed by atoms with E-state index in [1.165, 1.54) is 4.90 Å². The zero-order chi connectivity index (χ0) is 24.2. The minimum absolute atomic E-state index is 0.175. The molecule has 1 fully saturated rings. The van der Waals surface area contributed by atoms with E-state index in [-0.39, 0.29) is 5.91 Å². The summed E-state index contributed by atoms with van der Waals surface area (Å²) in [6.45, 7) is 2.71. The summed E-state index contributed by atoms with van der Waals surface area (Å²) in [5, 5.41) is 1.08. The second-order valence-corrected chi connectivity index (χ2v) is 9.42. The third kappa shape index (κ3) is 5.06. The largest absolute Gasteiger partial charge is 0.490 e. The number of anilines is 1. The van der Waals surface area contributed by atoms with Crippen LogP contribution >= 0.6 is 46.4 Å². The number of carbonyl (C=O) groups excluding carboxylic acids is 1. The number of hydrogen-bond acceptors (Lipinski definition) is 4. The molecule has 1 amide bonds. The molecule has 3 aromatic carbocycles. The van der Waals surface area contributed by atoms with E-state index in [0.717, 1.165) is 20.4 Å². The quantitative estimate of drug-likeness (QED) is 0.174. The van der Waals surface area contributed by atoms with Crippen LogP contribution in [-0.2, 0) is 11.4 Å². The lowest BCUT2D eigenvalue weighted by atomic mass is 10.1. The van der Waals surface area contributed by atoms with Crippen LogP contribution in [-0.4, -0.2) is 29.6 Å². The average molecular weight is 605 g/mol. The summed E-state index contributed by atoms with van der Waals surface area (Å²) < 4.78 is 12.8. The number of likely N-dealkylation sites (N-methyl/N-ethyl adjacent to an activating group) is 1. The van der Waals surface area contributed by atoms with Gasteiger partial charge in [0, 0.05) is 17.6 Å². The maximum absolute atomic E-state index is 13.2. The summed E-state index contributed by atoms with van der Waals surface area (Å²) in [5.74, 6) is 1.06. The predicted octanol–water partition coefficient (Wildman–Crippen LogP) is 6.53. The molecule has 8 heteroatoms. The molecule has 174 valence electrons. The lowest BCUT2D eigenvalue weighted by Gasteiger charge is -2.16. The van der Waals surface area contributed by atoms with Crippen molar-refractivity contribution in [2.24, 2.45) is 0 Å². The van der Waals surface area contributed by atoms with Crippen molar-refractivity contribution < 1.29 is 14.3 Å². The first-order valence-corrected chi connectivity index (χ1v) is 12.5. The van der Waals surface area contributed by atoms with Gasteiger partial charge >= 0.3 is 0 Å². The number of nitrogens with zero attached hydrogens (tertiary/aromatic N) is 2. The highest BCUT2D eigenvalue weighted by Crippen LogP contribution is 2.37. The van der Waals surface area contributed by atoms with Crippen LogP contribution in [0.3, 0.4) is 0 Å². The van der Waals surface area contributed by atoms with E-state index in [2.05, 4.69) is 22.6 Å².